The lowest BCUT2D eigenvalue weighted by Crippen LogP contribution is -2.18. The van der Waals surface area contributed by atoms with Crippen LogP contribution in [0.3, 0.4) is 0 Å². The summed E-state index contributed by atoms with van der Waals surface area (Å²) in [6.07, 6.45) is 0. The Kier molecular flexibility index (Phi) is 2.28. The molecule has 0 amide bonds. The fraction of sp³-hybridized carbons (Fsp3) is 0.429. The van der Waals surface area contributed by atoms with Gasteiger partial charge in [0, 0.05) is 0 Å². The Morgan fingerprint density at radius 2 is 2.30 bits per heavy atom. The van der Waals surface area contributed by atoms with E-state index < -0.39 is 0 Å². The van der Waals surface area contributed by atoms with Gasteiger partial charge in [0.25, 0.3) is 0 Å². The van der Waals surface area contributed by atoms with Crippen molar-refractivity contribution in [1.29, 1.82) is 0 Å². The molecule has 1 rings (SSSR count). The third-order valence-corrected chi connectivity index (χ3v) is 3.43. The molecule has 0 aliphatic heterocycles. The van der Waals surface area contributed by atoms with Gasteiger partial charge < -0.3 is 4.43 Å². The monoisotopic (exact) mass is 172 g/mol. The van der Waals surface area contributed by atoms with Gasteiger partial charge in [-0.1, -0.05) is 0 Å². The summed E-state index contributed by atoms with van der Waals surface area (Å²) < 4.78 is 5.43. The summed E-state index contributed by atoms with van der Waals surface area (Å²) in [6, 6.07) is 2.11. The highest BCUT2D eigenvalue weighted by Crippen LogP contribution is 2.24. The molecule has 0 radical (unpaired) electrons. The van der Waals surface area contributed by atoms with Crippen molar-refractivity contribution in [2.24, 2.45) is 0 Å². The average Bonchev–Trinajstić information content (AvgIpc) is 2.38. The molecule has 1 heterocycles. The largest absolute Gasteiger partial charge is 0.419 e. The van der Waals surface area contributed by atoms with Crippen LogP contribution in [0, 0.1) is 0 Å². The molecule has 0 aromatic carbocycles. The summed E-state index contributed by atoms with van der Waals surface area (Å²) in [4.78, 5) is 0. The van der Waals surface area contributed by atoms with Crippen LogP contribution < -0.4 is 0 Å². The first kappa shape index (κ1) is 7.98. The van der Waals surface area contributed by atoms with Crippen LogP contribution >= 0.6 is 11.3 Å². The maximum atomic E-state index is 5.43. The van der Waals surface area contributed by atoms with Gasteiger partial charge in [-0.3, -0.25) is 0 Å². The Labute approximate surface area is 68.6 Å². The fourth-order valence-electron chi connectivity index (χ4n) is 0.725. The van der Waals surface area contributed by atoms with Gasteiger partial charge in [-0.15, -0.1) is 0 Å². The predicted molar refractivity (Wildman–Crippen MR) is 48.4 cm³/mol. The van der Waals surface area contributed by atoms with Crippen LogP contribution in [0.25, 0.3) is 0 Å². The van der Waals surface area contributed by atoms with Gasteiger partial charge in [0.2, 0.25) is 0 Å². The van der Waals surface area contributed by atoms with Crippen molar-refractivity contribution in [1.82, 2.24) is 0 Å². The lowest BCUT2D eigenvalue weighted by molar-refractivity contribution is 0.124. The van der Waals surface area contributed by atoms with Crippen molar-refractivity contribution in [3.05, 3.63) is 22.4 Å². The quantitative estimate of drug-likeness (QED) is 0.611. The molecule has 0 bridgehead atoms. The van der Waals surface area contributed by atoms with E-state index in [1.807, 2.05) is 0 Å². The molecule has 0 saturated heterocycles. The Bertz CT molecular complexity index is 193. The first-order valence-corrected chi connectivity index (χ1v) is 5.00. The zero-order valence-corrected chi connectivity index (χ0v) is 9.37. The summed E-state index contributed by atoms with van der Waals surface area (Å²) in [7, 11) is 0.798. The molecule has 0 fully saturated rings. The minimum absolute atomic E-state index is 0.0633. The molecule has 1 nitrogen and oxygen atoms in total. The van der Waals surface area contributed by atoms with Crippen LogP contribution in [0.4, 0.5) is 0 Å². The van der Waals surface area contributed by atoms with Crippen molar-refractivity contribution < 1.29 is 4.43 Å². The van der Waals surface area contributed by atoms with Gasteiger partial charge in [-0.05, 0) is 36.2 Å². The molecule has 3 heteroatoms. The van der Waals surface area contributed by atoms with Crippen molar-refractivity contribution in [3.8, 4) is 0 Å². The molecule has 0 spiro atoms. The second-order valence-corrected chi connectivity index (χ2v) is 3.91. The van der Waals surface area contributed by atoms with Crippen LogP contribution in [-0.4, -0.2) is 10.5 Å². The Hall–Kier alpha value is -0.123. The van der Waals surface area contributed by atoms with E-state index in [0.717, 1.165) is 10.5 Å². The van der Waals surface area contributed by atoms with Gasteiger partial charge in [-0.25, -0.2) is 0 Å². The molecule has 10 heavy (non-hydrogen) atoms. The first-order chi connectivity index (χ1) is 4.67. The highest BCUT2D eigenvalue weighted by atomic mass is 32.1. The Morgan fingerprint density at radius 1 is 1.60 bits per heavy atom. The minimum Gasteiger partial charge on any atom is -0.419 e. The second kappa shape index (κ2) is 2.86. The standard InChI is InChI=1S/C7H12OSSi/c1-7(2,8-10)6-3-4-9-5-6/h3-5H,1-2,10H3. The molecule has 1 aromatic rings. The van der Waals surface area contributed by atoms with Gasteiger partial charge in [0.15, 0.2) is 0 Å². The summed E-state index contributed by atoms with van der Waals surface area (Å²) in [6.45, 7) is 4.20. The van der Waals surface area contributed by atoms with E-state index in [1.54, 1.807) is 11.3 Å². The highest BCUT2D eigenvalue weighted by Gasteiger charge is 2.18. The number of hydrogen-bond donors (Lipinski definition) is 0. The van der Waals surface area contributed by atoms with E-state index in [0.29, 0.717) is 0 Å². The third-order valence-electron chi connectivity index (χ3n) is 1.73. The summed E-state index contributed by atoms with van der Waals surface area (Å²) in [5.41, 5.74) is 1.22. The van der Waals surface area contributed by atoms with Crippen LogP contribution in [0.15, 0.2) is 16.8 Å². The molecule has 0 N–H and O–H groups in total. The Morgan fingerprint density at radius 3 is 2.70 bits per heavy atom. The highest BCUT2D eigenvalue weighted by molar-refractivity contribution is 7.08. The van der Waals surface area contributed by atoms with E-state index in [9.17, 15) is 0 Å². The summed E-state index contributed by atoms with van der Waals surface area (Å²) in [5.74, 6) is 0. The van der Waals surface area contributed by atoms with Crippen LogP contribution in [-0.2, 0) is 10.0 Å². The van der Waals surface area contributed by atoms with Crippen LogP contribution in [0.1, 0.15) is 19.4 Å². The van der Waals surface area contributed by atoms with Gasteiger partial charge in [-0.2, -0.15) is 11.3 Å². The maximum Gasteiger partial charge on any atom is 0.147 e. The maximum absolute atomic E-state index is 5.43. The number of rotatable bonds is 2. The summed E-state index contributed by atoms with van der Waals surface area (Å²) in [5, 5.41) is 4.22. The smallest absolute Gasteiger partial charge is 0.147 e. The minimum atomic E-state index is -0.0633. The van der Waals surface area contributed by atoms with Crippen molar-refractivity contribution in [2.75, 3.05) is 0 Å². The molecule has 1 aromatic heterocycles. The lowest BCUT2D eigenvalue weighted by Gasteiger charge is -2.22. The van der Waals surface area contributed by atoms with E-state index in [2.05, 4.69) is 30.7 Å². The van der Waals surface area contributed by atoms with E-state index in [4.69, 9.17) is 4.43 Å². The average molecular weight is 172 g/mol. The molecular weight excluding hydrogens is 160 g/mol. The van der Waals surface area contributed by atoms with Gasteiger partial charge >= 0.3 is 0 Å². The second-order valence-electron chi connectivity index (χ2n) is 2.73. The molecule has 0 aliphatic carbocycles. The molecule has 0 aliphatic rings. The SMILES string of the molecule is CC(C)(O[SiH3])c1ccsc1. The Balaban J connectivity index is 2.85. The molecular formula is C7H12OSSi. The molecule has 0 atom stereocenters. The van der Waals surface area contributed by atoms with E-state index in [-0.39, 0.29) is 5.60 Å². The zero-order valence-electron chi connectivity index (χ0n) is 6.55. The molecule has 56 valence electrons. The van der Waals surface area contributed by atoms with E-state index >= 15 is 0 Å². The van der Waals surface area contributed by atoms with Crippen molar-refractivity contribution >= 4 is 21.8 Å². The number of hydrogen-bond acceptors (Lipinski definition) is 2. The van der Waals surface area contributed by atoms with Crippen LogP contribution in [0.5, 0.6) is 0 Å². The zero-order chi connectivity index (χ0) is 7.61. The van der Waals surface area contributed by atoms with Crippen molar-refractivity contribution in [2.45, 2.75) is 19.4 Å². The first-order valence-electron chi connectivity index (χ1n) is 3.24. The third kappa shape index (κ3) is 1.48. The topological polar surface area (TPSA) is 9.23 Å². The van der Waals surface area contributed by atoms with Crippen LogP contribution in [0.2, 0.25) is 0 Å². The van der Waals surface area contributed by atoms with E-state index in [1.165, 1.54) is 5.56 Å². The lowest BCUT2D eigenvalue weighted by atomic mass is 10.0. The summed E-state index contributed by atoms with van der Waals surface area (Å²) >= 11 is 1.72. The molecule has 0 unspecified atom stereocenters. The fourth-order valence-corrected chi connectivity index (χ4v) is 1.77. The molecule has 0 saturated carbocycles. The normalized spacial score (nSPS) is 12.2. The van der Waals surface area contributed by atoms with Gasteiger partial charge in [0.1, 0.15) is 10.5 Å². The predicted octanol–water partition coefficient (Wildman–Crippen LogP) is 1.28. The number of thiophene rings is 1. The van der Waals surface area contributed by atoms with Crippen molar-refractivity contribution in [3.63, 3.8) is 0 Å². The van der Waals surface area contributed by atoms with Gasteiger partial charge in [0.05, 0.1) is 5.60 Å².